The number of benzene rings is 1. The summed E-state index contributed by atoms with van der Waals surface area (Å²) in [7, 11) is 4.22. The normalized spacial score (nSPS) is 16.4. The lowest BCUT2D eigenvalue weighted by Crippen LogP contribution is -2.54. The van der Waals surface area contributed by atoms with E-state index in [1.807, 2.05) is 12.1 Å². The Morgan fingerprint density at radius 3 is 2.67 bits per heavy atom. The number of likely N-dealkylation sites (N-methyl/N-ethyl adjacent to an activating group) is 1. The van der Waals surface area contributed by atoms with Crippen molar-refractivity contribution in [3.63, 3.8) is 0 Å². The first-order valence-corrected chi connectivity index (χ1v) is 7.47. The zero-order valence-corrected chi connectivity index (χ0v) is 13.1. The smallest absolute Gasteiger partial charge is 0.340 e. The molecule has 1 aromatic carbocycles. The van der Waals surface area contributed by atoms with Crippen molar-refractivity contribution in [1.29, 1.82) is 0 Å². The second kappa shape index (κ2) is 6.35. The van der Waals surface area contributed by atoms with Crippen molar-refractivity contribution in [3.8, 4) is 0 Å². The number of ether oxygens (including phenoxy) is 1. The molecule has 0 aliphatic heterocycles. The van der Waals surface area contributed by atoms with E-state index in [0.717, 1.165) is 12.2 Å². The quantitative estimate of drug-likeness (QED) is 0.622. The zero-order valence-electron chi connectivity index (χ0n) is 13.1. The predicted octanol–water partition coefficient (Wildman–Crippen LogP) is 2.34. The van der Waals surface area contributed by atoms with Crippen LogP contribution in [-0.2, 0) is 4.74 Å². The Bertz CT molecular complexity index is 510. The molecule has 5 nitrogen and oxygen atoms in total. The summed E-state index contributed by atoms with van der Waals surface area (Å²) in [4.78, 5) is 14.1. The molecular weight excluding hydrogens is 266 g/mol. The van der Waals surface area contributed by atoms with Gasteiger partial charge in [-0.2, -0.15) is 0 Å². The maximum absolute atomic E-state index is 11.9. The minimum atomic E-state index is -0.371. The number of rotatable bonds is 6. The van der Waals surface area contributed by atoms with E-state index < -0.39 is 0 Å². The molecule has 0 radical (unpaired) electrons. The standard InChI is InChI=1S/C16H25N3O2/c1-4-21-15(20)12-7-5-8-13(14(12)17)18-11-16(19(2)3)9-6-10-16/h5,7-8,18H,4,6,9-11,17H2,1-3H3. The molecule has 1 saturated carbocycles. The summed E-state index contributed by atoms with van der Waals surface area (Å²) in [5.74, 6) is -0.371. The van der Waals surface area contributed by atoms with Crippen molar-refractivity contribution in [1.82, 2.24) is 4.90 Å². The summed E-state index contributed by atoms with van der Waals surface area (Å²) in [6, 6.07) is 5.43. The number of carbonyl (C=O) groups is 1. The molecule has 0 spiro atoms. The molecule has 0 bridgehead atoms. The van der Waals surface area contributed by atoms with Crippen LogP contribution in [0.4, 0.5) is 11.4 Å². The third-order valence-electron chi connectivity index (χ3n) is 4.44. The molecule has 0 unspecified atom stereocenters. The molecular formula is C16H25N3O2. The van der Waals surface area contributed by atoms with E-state index >= 15 is 0 Å². The lowest BCUT2D eigenvalue weighted by Gasteiger charge is -2.47. The van der Waals surface area contributed by atoms with E-state index in [1.54, 1.807) is 13.0 Å². The highest BCUT2D eigenvalue weighted by Crippen LogP contribution is 2.36. The number of para-hydroxylation sites is 1. The van der Waals surface area contributed by atoms with Gasteiger partial charge in [-0.25, -0.2) is 4.79 Å². The van der Waals surface area contributed by atoms with E-state index in [4.69, 9.17) is 10.5 Å². The molecule has 1 fully saturated rings. The maximum atomic E-state index is 11.9. The van der Waals surface area contributed by atoms with Crippen molar-refractivity contribution in [3.05, 3.63) is 23.8 Å². The van der Waals surface area contributed by atoms with Crippen LogP contribution >= 0.6 is 0 Å². The molecule has 1 aromatic rings. The van der Waals surface area contributed by atoms with Crippen LogP contribution in [0.2, 0.25) is 0 Å². The Balaban J connectivity index is 2.10. The average molecular weight is 291 g/mol. The monoisotopic (exact) mass is 291 g/mol. The SMILES string of the molecule is CCOC(=O)c1cccc(NCC2(N(C)C)CCC2)c1N. The van der Waals surface area contributed by atoms with Gasteiger partial charge < -0.3 is 20.7 Å². The average Bonchev–Trinajstić information content (AvgIpc) is 2.39. The fourth-order valence-corrected chi connectivity index (χ4v) is 2.73. The molecule has 2 rings (SSSR count). The lowest BCUT2D eigenvalue weighted by atomic mass is 9.75. The number of carbonyl (C=O) groups excluding carboxylic acids is 1. The van der Waals surface area contributed by atoms with Crippen molar-refractivity contribution in [2.75, 3.05) is 38.3 Å². The summed E-state index contributed by atoms with van der Waals surface area (Å²) in [6.45, 7) is 2.96. The number of hydrogen-bond acceptors (Lipinski definition) is 5. The van der Waals surface area contributed by atoms with Crippen LogP contribution in [0.25, 0.3) is 0 Å². The van der Waals surface area contributed by atoms with Crippen LogP contribution in [0.5, 0.6) is 0 Å². The topological polar surface area (TPSA) is 67.6 Å². The first kappa shape index (κ1) is 15.6. The summed E-state index contributed by atoms with van der Waals surface area (Å²) < 4.78 is 5.02. The molecule has 1 aliphatic carbocycles. The van der Waals surface area contributed by atoms with Crippen molar-refractivity contribution in [2.24, 2.45) is 0 Å². The van der Waals surface area contributed by atoms with Gasteiger partial charge in [-0.05, 0) is 52.4 Å². The first-order chi connectivity index (χ1) is 10.00. The van der Waals surface area contributed by atoms with Crippen molar-refractivity contribution in [2.45, 2.75) is 31.7 Å². The van der Waals surface area contributed by atoms with E-state index in [9.17, 15) is 4.79 Å². The Kier molecular flexibility index (Phi) is 4.73. The molecule has 3 N–H and O–H groups in total. The molecule has 21 heavy (non-hydrogen) atoms. The zero-order chi connectivity index (χ0) is 15.5. The third kappa shape index (κ3) is 3.13. The molecule has 0 heterocycles. The predicted molar refractivity (Wildman–Crippen MR) is 85.6 cm³/mol. The van der Waals surface area contributed by atoms with E-state index in [0.29, 0.717) is 17.9 Å². The van der Waals surface area contributed by atoms with Crippen LogP contribution in [-0.4, -0.2) is 43.7 Å². The van der Waals surface area contributed by atoms with Gasteiger partial charge >= 0.3 is 5.97 Å². The van der Waals surface area contributed by atoms with Crippen LogP contribution in [0.1, 0.15) is 36.5 Å². The van der Waals surface area contributed by atoms with Crippen molar-refractivity contribution >= 4 is 17.3 Å². The van der Waals surface area contributed by atoms with Gasteiger partial charge in [0.1, 0.15) is 0 Å². The third-order valence-corrected chi connectivity index (χ3v) is 4.44. The van der Waals surface area contributed by atoms with Gasteiger partial charge in [-0.3, -0.25) is 0 Å². The Hall–Kier alpha value is -1.75. The van der Waals surface area contributed by atoms with Gasteiger partial charge in [0.2, 0.25) is 0 Å². The second-order valence-corrected chi connectivity index (χ2v) is 5.81. The molecule has 5 heteroatoms. The van der Waals surface area contributed by atoms with Gasteiger partial charge in [0.15, 0.2) is 0 Å². The summed E-state index contributed by atoms with van der Waals surface area (Å²) >= 11 is 0. The van der Waals surface area contributed by atoms with E-state index in [2.05, 4.69) is 24.3 Å². The highest BCUT2D eigenvalue weighted by molar-refractivity contribution is 5.98. The van der Waals surface area contributed by atoms with Gasteiger partial charge in [-0.1, -0.05) is 6.07 Å². The van der Waals surface area contributed by atoms with Gasteiger partial charge in [-0.15, -0.1) is 0 Å². The molecule has 0 aromatic heterocycles. The molecule has 116 valence electrons. The van der Waals surface area contributed by atoms with Crippen LogP contribution < -0.4 is 11.1 Å². The molecule has 0 saturated heterocycles. The fraction of sp³-hybridized carbons (Fsp3) is 0.562. The molecule has 0 atom stereocenters. The number of esters is 1. The number of anilines is 2. The molecule has 1 aliphatic rings. The fourth-order valence-electron chi connectivity index (χ4n) is 2.73. The lowest BCUT2D eigenvalue weighted by molar-refractivity contribution is 0.0527. The van der Waals surface area contributed by atoms with Crippen LogP contribution in [0, 0.1) is 0 Å². The van der Waals surface area contributed by atoms with Gasteiger partial charge in [0.05, 0.1) is 23.5 Å². The minimum Gasteiger partial charge on any atom is -0.462 e. The largest absolute Gasteiger partial charge is 0.462 e. The Labute approximate surface area is 126 Å². The summed E-state index contributed by atoms with van der Waals surface area (Å²) in [5.41, 5.74) is 7.99. The Morgan fingerprint density at radius 1 is 1.43 bits per heavy atom. The minimum absolute atomic E-state index is 0.201. The highest BCUT2D eigenvalue weighted by atomic mass is 16.5. The van der Waals surface area contributed by atoms with Crippen molar-refractivity contribution < 1.29 is 9.53 Å². The number of nitrogens with two attached hydrogens (primary N) is 1. The number of hydrogen-bond donors (Lipinski definition) is 2. The van der Waals surface area contributed by atoms with Gasteiger partial charge in [0, 0.05) is 12.1 Å². The number of nitrogens with one attached hydrogen (secondary N) is 1. The van der Waals surface area contributed by atoms with Crippen LogP contribution in [0.3, 0.4) is 0 Å². The highest BCUT2D eigenvalue weighted by Gasteiger charge is 2.38. The summed E-state index contributed by atoms with van der Waals surface area (Å²) in [6.07, 6.45) is 3.63. The van der Waals surface area contributed by atoms with Gasteiger partial charge in [0.25, 0.3) is 0 Å². The van der Waals surface area contributed by atoms with Crippen LogP contribution in [0.15, 0.2) is 18.2 Å². The maximum Gasteiger partial charge on any atom is 0.340 e. The Morgan fingerprint density at radius 2 is 2.14 bits per heavy atom. The number of nitrogen functional groups attached to an aromatic ring is 1. The van der Waals surface area contributed by atoms with E-state index in [1.165, 1.54) is 19.3 Å². The summed E-state index contributed by atoms with van der Waals surface area (Å²) in [5, 5.41) is 3.40. The first-order valence-electron chi connectivity index (χ1n) is 7.47. The number of nitrogens with zero attached hydrogens (tertiary/aromatic N) is 1. The molecule has 0 amide bonds. The van der Waals surface area contributed by atoms with E-state index in [-0.39, 0.29) is 11.5 Å². The second-order valence-electron chi connectivity index (χ2n) is 5.81.